The van der Waals surface area contributed by atoms with Gasteiger partial charge < -0.3 is 14.4 Å². The summed E-state index contributed by atoms with van der Waals surface area (Å²) in [5.41, 5.74) is 0.412. The molecule has 3 rings (SSSR count). The average Bonchev–Trinajstić information content (AvgIpc) is 2.79. The van der Waals surface area contributed by atoms with Crippen molar-refractivity contribution < 1.29 is 27.5 Å². The molecule has 0 aromatic heterocycles. The number of likely N-dealkylation sites (tertiary alicyclic amines) is 1. The monoisotopic (exact) mass is 480 g/mol. The standard InChI is InChI=1S/C22H25ClN2O6S/c1-3-31-22(27)16-7-6-12-25(14-16)21(26)15-10-11-17(23)20(13-15)32(28,29)24-18-8-4-5-9-19(18)30-2/h4-5,8-11,13,16,24H,3,6-7,12,14H2,1-2H3/t16-/m1/s1. The summed E-state index contributed by atoms with van der Waals surface area (Å²) in [6.07, 6.45) is 1.30. The number of nitrogens with one attached hydrogen (secondary N) is 1. The van der Waals surface area contributed by atoms with Crippen LogP contribution >= 0.6 is 11.6 Å². The lowest BCUT2D eigenvalue weighted by Crippen LogP contribution is -2.42. The zero-order valence-electron chi connectivity index (χ0n) is 17.8. The lowest BCUT2D eigenvalue weighted by atomic mass is 9.97. The topological polar surface area (TPSA) is 102 Å². The van der Waals surface area contributed by atoms with Crippen molar-refractivity contribution in [2.75, 3.05) is 31.5 Å². The van der Waals surface area contributed by atoms with Crippen molar-refractivity contribution in [3.8, 4) is 5.75 Å². The van der Waals surface area contributed by atoms with Gasteiger partial charge in [0.05, 0.1) is 30.3 Å². The van der Waals surface area contributed by atoms with E-state index < -0.39 is 15.9 Å². The van der Waals surface area contributed by atoms with Crippen LogP contribution < -0.4 is 9.46 Å². The molecule has 0 bridgehead atoms. The molecule has 1 N–H and O–H groups in total. The molecule has 1 heterocycles. The number of ether oxygens (including phenoxy) is 2. The zero-order valence-corrected chi connectivity index (χ0v) is 19.4. The van der Waals surface area contributed by atoms with Gasteiger partial charge in [0, 0.05) is 18.7 Å². The quantitative estimate of drug-likeness (QED) is 0.608. The number of rotatable bonds is 7. The fourth-order valence-electron chi connectivity index (χ4n) is 3.57. The molecule has 172 valence electrons. The molecule has 32 heavy (non-hydrogen) atoms. The summed E-state index contributed by atoms with van der Waals surface area (Å²) < 4.78 is 38.8. The highest BCUT2D eigenvalue weighted by Crippen LogP contribution is 2.30. The maximum absolute atomic E-state index is 13.1. The summed E-state index contributed by atoms with van der Waals surface area (Å²) in [5.74, 6) is -0.747. The summed E-state index contributed by atoms with van der Waals surface area (Å²) in [5, 5.41) is -0.0213. The van der Waals surface area contributed by atoms with Gasteiger partial charge in [0.1, 0.15) is 10.6 Å². The van der Waals surface area contributed by atoms with Crippen molar-refractivity contribution in [1.82, 2.24) is 4.90 Å². The van der Waals surface area contributed by atoms with Gasteiger partial charge in [-0.2, -0.15) is 0 Å². The van der Waals surface area contributed by atoms with E-state index in [9.17, 15) is 18.0 Å². The van der Waals surface area contributed by atoms with Gasteiger partial charge in [-0.05, 0) is 50.1 Å². The second kappa shape index (κ2) is 10.2. The molecule has 1 atom stereocenters. The molecular weight excluding hydrogens is 456 g/mol. The van der Waals surface area contributed by atoms with Gasteiger partial charge in [0.15, 0.2) is 0 Å². The van der Waals surface area contributed by atoms with Crippen LogP contribution in [0, 0.1) is 5.92 Å². The second-order valence-corrected chi connectivity index (χ2v) is 9.35. The molecule has 0 spiro atoms. The van der Waals surface area contributed by atoms with Crippen molar-refractivity contribution in [3.63, 3.8) is 0 Å². The minimum atomic E-state index is -4.10. The molecule has 10 heteroatoms. The number of benzene rings is 2. The summed E-state index contributed by atoms with van der Waals surface area (Å²) in [6, 6.07) is 10.6. The number of halogens is 1. The number of hydrogen-bond donors (Lipinski definition) is 1. The van der Waals surface area contributed by atoms with Crippen LogP contribution in [0.1, 0.15) is 30.1 Å². The van der Waals surface area contributed by atoms with Gasteiger partial charge in [-0.1, -0.05) is 23.7 Å². The van der Waals surface area contributed by atoms with Gasteiger partial charge in [0.2, 0.25) is 0 Å². The molecule has 0 radical (unpaired) electrons. The van der Waals surface area contributed by atoms with E-state index in [1.54, 1.807) is 36.1 Å². The Balaban J connectivity index is 1.85. The van der Waals surface area contributed by atoms with Crippen LogP contribution in [0.4, 0.5) is 5.69 Å². The molecule has 1 fully saturated rings. The first kappa shape index (κ1) is 23.9. The maximum atomic E-state index is 13.1. The van der Waals surface area contributed by atoms with Crippen molar-refractivity contribution in [2.24, 2.45) is 5.92 Å². The van der Waals surface area contributed by atoms with Crippen LogP contribution in [0.25, 0.3) is 0 Å². The number of para-hydroxylation sites is 2. The van der Waals surface area contributed by atoms with E-state index in [1.165, 1.54) is 25.3 Å². The Kier molecular flexibility index (Phi) is 7.63. The molecule has 1 amide bonds. The minimum absolute atomic E-state index is 0.0213. The number of carbonyl (C=O) groups excluding carboxylic acids is 2. The molecule has 1 aliphatic rings. The Hall–Kier alpha value is -2.78. The van der Waals surface area contributed by atoms with Crippen LogP contribution in [-0.4, -0.2) is 52.0 Å². The smallest absolute Gasteiger partial charge is 0.310 e. The number of sulfonamides is 1. The van der Waals surface area contributed by atoms with E-state index in [2.05, 4.69) is 4.72 Å². The molecule has 0 saturated carbocycles. The Morgan fingerprint density at radius 1 is 1.22 bits per heavy atom. The van der Waals surface area contributed by atoms with Gasteiger partial charge in [-0.25, -0.2) is 8.42 Å². The van der Waals surface area contributed by atoms with E-state index in [1.807, 2.05) is 0 Å². The predicted molar refractivity (Wildman–Crippen MR) is 121 cm³/mol. The minimum Gasteiger partial charge on any atom is -0.495 e. The lowest BCUT2D eigenvalue weighted by molar-refractivity contribution is -0.149. The highest BCUT2D eigenvalue weighted by atomic mass is 35.5. The predicted octanol–water partition coefficient (Wildman–Crippen LogP) is 3.56. The van der Waals surface area contributed by atoms with Crippen molar-refractivity contribution in [1.29, 1.82) is 0 Å². The van der Waals surface area contributed by atoms with E-state index in [4.69, 9.17) is 21.1 Å². The number of nitrogens with zero attached hydrogens (tertiary/aromatic N) is 1. The first-order valence-corrected chi connectivity index (χ1v) is 12.0. The molecule has 8 nitrogen and oxygen atoms in total. The zero-order chi connectivity index (χ0) is 23.3. The first-order chi connectivity index (χ1) is 15.3. The second-order valence-electron chi connectivity index (χ2n) is 7.29. The third kappa shape index (κ3) is 5.34. The van der Waals surface area contributed by atoms with Crippen molar-refractivity contribution in [2.45, 2.75) is 24.7 Å². The third-order valence-electron chi connectivity index (χ3n) is 5.15. The molecule has 0 aliphatic carbocycles. The van der Waals surface area contributed by atoms with Crippen LogP contribution in [0.15, 0.2) is 47.4 Å². The molecular formula is C22H25ClN2O6S. The number of esters is 1. The highest BCUT2D eigenvalue weighted by molar-refractivity contribution is 7.92. The number of carbonyl (C=O) groups is 2. The fourth-order valence-corrected chi connectivity index (χ4v) is 5.16. The van der Waals surface area contributed by atoms with Gasteiger partial charge >= 0.3 is 5.97 Å². The fraction of sp³-hybridized carbons (Fsp3) is 0.364. The molecule has 1 aliphatic heterocycles. The van der Waals surface area contributed by atoms with Gasteiger partial charge in [-0.3, -0.25) is 14.3 Å². The first-order valence-electron chi connectivity index (χ1n) is 10.2. The number of methoxy groups -OCH3 is 1. The van der Waals surface area contributed by atoms with Gasteiger partial charge in [0.25, 0.3) is 15.9 Å². The van der Waals surface area contributed by atoms with E-state index in [0.29, 0.717) is 25.1 Å². The Morgan fingerprint density at radius 3 is 2.69 bits per heavy atom. The number of piperidine rings is 1. The lowest BCUT2D eigenvalue weighted by Gasteiger charge is -2.31. The van der Waals surface area contributed by atoms with E-state index in [0.717, 1.165) is 0 Å². The Bertz CT molecular complexity index is 1110. The Morgan fingerprint density at radius 2 is 1.97 bits per heavy atom. The third-order valence-corrected chi connectivity index (χ3v) is 6.99. The van der Waals surface area contributed by atoms with Crippen molar-refractivity contribution in [3.05, 3.63) is 53.1 Å². The normalized spacial score (nSPS) is 16.3. The highest BCUT2D eigenvalue weighted by Gasteiger charge is 2.30. The van der Waals surface area contributed by atoms with Crippen LogP contribution in [0.3, 0.4) is 0 Å². The SMILES string of the molecule is CCOC(=O)[C@@H]1CCCN(C(=O)c2ccc(Cl)c(S(=O)(=O)Nc3ccccc3OC)c2)C1. The number of anilines is 1. The van der Waals surface area contributed by atoms with Crippen LogP contribution in [-0.2, 0) is 19.6 Å². The molecule has 2 aromatic rings. The average molecular weight is 481 g/mol. The molecule has 0 unspecified atom stereocenters. The Labute approximate surface area is 192 Å². The number of hydrogen-bond acceptors (Lipinski definition) is 6. The van der Waals surface area contributed by atoms with E-state index >= 15 is 0 Å². The van der Waals surface area contributed by atoms with Gasteiger partial charge in [-0.15, -0.1) is 0 Å². The summed E-state index contributed by atoms with van der Waals surface area (Å²) in [6.45, 7) is 2.71. The number of amides is 1. The van der Waals surface area contributed by atoms with Crippen LogP contribution in [0.2, 0.25) is 5.02 Å². The van der Waals surface area contributed by atoms with Crippen molar-refractivity contribution >= 4 is 39.2 Å². The largest absolute Gasteiger partial charge is 0.495 e. The summed E-state index contributed by atoms with van der Waals surface area (Å²) in [7, 11) is -2.67. The van der Waals surface area contributed by atoms with E-state index in [-0.39, 0.29) is 46.2 Å². The molecule has 2 aromatic carbocycles. The van der Waals surface area contributed by atoms with Crippen LogP contribution in [0.5, 0.6) is 5.75 Å². The maximum Gasteiger partial charge on any atom is 0.310 e. The summed E-state index contributed by atoms with van der Waals surface area (Å²) in [4.78, 5) is 26.5. The summed E-state index contributed by atoms with van der Waals surface area (Å²) >= 11 is 6.17. The molecule has 1 saturated heterocycles.